The first-order valence-electron chi connectivity index (χ1n) is 3.74. The number of nitrogen functional groups attached to an aromatic ring is 1. The summed E-state index contributed by atoms with van der Waals surface area (Å²) in [7, 11) is 0. The molecule has 0 unspecified atom stereocenters. The molecule has 1 aromatic heterocycles. The van der Waals surface area contributed by atoms with Gasteiger partial charge in [0, 0.05) is 12.7 Å². The molecule has 1 aromatic rings. The molecule has 15 heavy (non-hydrogen) atoms. The van der Waals surface area contributed by atoms with Crippen LogP contribution in [0.15, 0.2) is 6.20 Å². The van der Waals surface area contributed by atoms with E-state index in [9.17, 15) is 13.2 Å². The standard InChI is InChI=1S/C7H7F3IN3O/c8-7(9,10)15-6-4(1-12)14-2-3(11)5(6)13/h2H,1,12H2,(H2,13,14). The number of nitrogens with two attached hydrogens (primary N) is 2. The second-order valence-electron chi connectivity index (χ2n) is 2.55. The van der Waals surface area contributed by atoms with Crippen LogP contribution in [0.2, 0.25) is 0 Å². The Morgan fingerprint density at radius 1 is 1.47 bits per heavy atom. The molecule has 4 nitrogen and oxygen atoms in total. The summed E-state index contributed by atoms with van der Waals surface area (Å²) < 4.78 is 40.2. The van der Waals surface area contributed by atoms with Crippen LogP contribution in [0, 0.1) is 3.57 Å². The Bertz CT molecular complexity index is 369. The molecule has 0 aliphatic carbocycles. The van der Waals surface area contributed by atoms with Gasteiger partial charge in [0.1, 0.15) is 0 Å². The molecule has 0 amide bonds. The number of aromatic nitrogens is 1. The molecular formula is C7H7F3IN3O. The average Bonchev–Trinajstić information content (AvgIpc) is 2.11. The lowest BCUT2D eigenvalue weighted by atomic mass is 10.3. The second-order valence-corrected chi connectivity index (χ2v) is 3.71. The summed E-state index contributed by atoms with van der Waals surface area (Å²) >= 11 is 1.76. The molecule has 84 valence electrons. The Kier molecular flexibility index (Phi) is 3.60. The zero-order valence-corrected chi connectivity index (χ0v) is 9.46. The van der Waals surface area contributed by atoms with E-state index in [0.717, 1.165) is 0 Å². The molecule has 0 radical (unpaired) electrons. The first-order chi connectivity index (χ1) is 6.85. The first-order valence-corrected chi connectivity index (χ1v) is 4.81. The zero-order chi connectivity index (χ0) is 11.6. The van der Waals surface area contributed by atoms with Crippen LogP contribution in [-0.2, 0) is 6.54 Å². The summed E-state index contributed by atoms with van der Waals surface area (Å²) in [5.41, 5.74) is 10.5. The zero-order valence-electron chi connectivity index (χ0n) is 7.31. The first kappa shape index (κ1) is 12.3. The van der Waals surface area contributed by atoms with Gasteiger partial charge in [0.2, 0.25) is 0 Å². The van der Waals surface area contributed by atoms with Crippen molar-refractivity contribution in [2.75, 3.05) is 5.73 Å². The van der Waals surface area contributed by atoms with Crippen LogP contribution >= 0.6 is 22.6 Å². The van der Waals surface area contributed by atoms with Gasteiger partial charge in [-0.15, -0.1) is 13.2 Å². The highest BCUT2D eigenvalue weighted by atomic mass is 127. The Morgan fingerprint density at radius 3 is 2.53 bits per heavy atom. The number of halogens is 4. The van der Waals surface area contributed by atoms with Crippen molar-refractivity contribution in [1.82, 2.24) is 4.98 Å². The summed E-state index contributed by atoms with van der Waals surface area (Å²) in [5.74, 6) is -0.517. The Morgan fingerprint density at radius 2 is 2.07 bits per heavy atom. The number of nitrogens with zero attached hydrogens (tertiary/aromatic N) is 1. The Labute approximate surface area is 96.9 Å². The molecule has 0 spiro atoms. The largest absolute Gasteiger partial charge is 0.573 e. The summed E-state index contributed by atoms with van der Waals surface area (Å²) in [5, 5.41) is 0. The molecule has 0 fully saturated rings. The van der Waals surface area contributed by atoms with Crippen LogP contribution in [0.1, 0.15) is 5.69 Å². The predicted octanol–water partition coefficient (Wildman–Crippen LogP) is 1.63. The molecule has 0 aliphatic rings. The van der Waals surface area contributed by atoms with Gasteiger partial charge < -0.3 is 16.2 Å². The average molecular weight is 333 g/mol. The Hall–Kier alpha value is -0.770. The van der Waals surface area contributed by atoms with Crippen LogP contribution in [0.4, 0.5) is 18.9 Å². The SMILES string of the molecule is NCc1ncc(I)c(N)c1OC(F)(F)F. The van der Waals surface area contributed by atoms with Crippen molar-refractivity contribution in [2.45, 2.75) is 12.9 Å². The van der Waals surface area contributed by atoms with Crippen LogP contribution in [0.25, 0.3) is 0 Å². The molecular weight excluding hydrogens is 326 g/mol. The smallest absolute Gasteiger partial charge is 0.402 e. The highest BCUT2D eigenvalue weighted by Crippen LogP contribution is 2.33. The lowest BCUT2D eigenvalue weighted by Gasteiger charge is -2.14. The van der Waals surface area contributed by atoms with Crippen molar-refractivity contribution >= 4 is 28.3 Å². The van der Waals surface area contributed by atoms with E-state index in [0.29, 0.717) is 3.57 Å². The summed E-state index contributed by atoms with van der Waals surface area (Å²) in [6.07, 6.45) is -3.47. The molecule has 0 aromatic carbocycles. The number of hydrogen-bond donors (Lipinski definition) is 2. The fourth-order valence-corrected chi connectivity index (χ4v) is 1.29. The van der Waals surface area contributed by atoms with Crippen molar-refractivity contribution < 1.29 is 17.9 Å². The number of pyridine rings is 1. The maximum absolute atomic E-state index is 12.0. The molecule has 1 rings (SSSR count). The molecule has 0 aliphatic heterocycles. The molecule has 4 N–H and O–H groups in total. The van der Waals surface area contributed by atoms with Crippen molar-refractivity contribution in [1.29, 1.82) is 0 Å². The number of anilines is 1. The minimum Gasteiger partial charge on any atom is -0.402 e. The fraction of sp³-hybridized carbons (Fsp3) is 0.286. The maximum atomic E-state index is 12.0. The van der Waals surface area contributed by atoms with E-state index in [2.05, 4.69) is 9.72 Å². The molecule has 8 heteroatoms. The third-order valence-corrected chi connectivity index (χ3v) is 2.37. The van der Waals surface area contributed by atoms with E-state index in [4.69, 9.17) is 11.5 Å². The fourth-order valence-electron chi connectivity index (χ4n) is 0.902. The van der Waals surface area contributed by atoms with Gasteiger partial charge in [0.15, 0.2) is 5.75 Å². The molecule has 0 bridgehead atoms. The maximum Gasteiger partial charge on any atom is 0.573 e. The van der Waals surface area contributed by atoms with Gasteiger partial charge >= 0.3 is 6.36 Å². The number of ether oxygens (including phenoxy) is 1. The van der Waals surface area contributed by atoms with Gasteiger partial charge in [-0.1, -0.05) is 0 Å². The van der Waals surface area contributed by atoms with Gasteiger partial charge in [-0.25, -0.2) is 0 Å². The molecule has 0 saturated carbocycles. The molecule has 0 saturated heterocycles. The number of rotatable bonds is 2. The van der Waals surface area contributed by atoms with Crippen LogP contribution < -0.4 is 16.2 Å². The van der Waals surface area contributed by atoms with Crippen molar-refractivity contribution in [3.05, 3.63) is 15.5 Å². The normalized spacial score (nSPS) is 11.5. The minimum absolute atomic E-state index is 0.0229. The van der Waals surface area contributed by atoms with Crippen molar-refractivity contribution in [3.8, 4) is 5.75 Å². The predicted molar refractivity (Wildman–Crippen MR) is 55.9 cm³/mol. The van der Waals surface area contributed by atoms with Crippen molar-refractivity contribution in [2.24, 2.45) is 5.73 Å². The van der Waals surface area contributed by atoms with E-state index in [1.165, 1.54) is 6.20 Å². The number of hydrogen-bond acceptors (Lipinski definition) is 4. The minimum atomic E-state index is -4.80. The molecule has 1 heterocycles. The quantitative estimate of drug-likeness (QED) is 0.807. The lowest BCUT2D eigenvalue weighted by Crippen LogP contribution is -2.20. The van der Waals surface area contributed by atoms with E-state index in [1.54, 1.807) is 22.6 Å². The van der Waals surface area contributed by atoms with Gasteiger partial charge in [-0.3, -0.25) is 4.98 Å². The summed E-state index contributed by atoms with van der Waals surface area (Å²) in [6, 6.07) is 0. The van der Waals surface area contributed by atoms with Gasteiger partial charge in [-0.05, 0) is 22.6 Å². The lowest BCUT2D eigenvalue weighted by molar-refractivity contribution is -0.274. The topological polar surface area (TPSA) is 74.2 Å². The van der Waals surface area contributed by atoms with Gasteiger partial charge in [0.05, 0.1) is 15.0 Å². The summed E-state index contributed by atoms with van der Waals surface area (Å²) in [4.78, 5) is 3.70. The third kappa shape index (κ3) is 3.09. The van der Waals surface area contributed by atoms with E-state index >= 15 is 0 Å². The van der Waals surface area contributed by atoms with Crippen LogP contribution in [-0.4, -0.2) is 11.3 Å². The van der Waals surface area contributed by atoms with E-state index < -0.39 is 12.1 Å². The van der Waals surface area contributed by atoms with E-state index in [1.807, 2.05) is 0 Å². The van der Waals surface area contributed by atoms with Crippen LogP contribution in [0.3, 0.4) is 0 Å². The second kappa shape index (κ2) is 4.39. The van der Waals surface area contributed by atoms with Gasteiger partial charge in [-0.2, -0.15) is 0 Å². The molecule has 0 atom stereocenters. The highest BCUT2D eigenvalue weighted by Gasteiger charge is 2.33. The highest BCUT2D eigenvalue weighted by molar-refractivity contribution is 14.1. The van der Waals surface area contributed by atoms with E-state index in [-0.39, 0.29) is 17.9 Å². The number of alkyl halides is 3. The Balaban J connectivity index is 3.18. The van der Waals surface area contributed by atoms with Gasteiger partial charge in [0.25, 0.3) is 0 Å². The van der Waals surface area contributed by atoms with Crippen LogP contribution in [0.5, 0.6) is 5.75 Å². The third-order valence-electron chi connectivity index (χ3n) is 1.51. The monoisotopic (exact) mass is 333 g/mol. The van der Waals surface area contributed by atoms with Crippen molar-refractivity contribution in [3.63, 3.8) is 0 Å². The summed E-state index contributed by atoms with van der Waals surface area (Å²) in [6.45, 7) is -0.174.